The minimum atomic E-state index is -1.65. The Morgan fingerprint density at radius 2 is 1.75 bits per heavy atom. The molecule has 12 heteroatoms. The highest BCUT2D eigenvalue weighted by molar-refractivity contribution is 6.67. The van der Waals surface area contributed by atoms with Gasteiger partial charge in [0.25, 0.3) is 0 Å². The Morgan fingerprint density at radius 1 is 1.11 bits per heavy atom. The number of nitrogens with one attached hydrogen (secondary N) is 3. The maximum Gasteiger partial charge on any atom is 0.408 e. The summed E-state index contributed by atoms with van der Waals surface area (Å²) in [6.07, 6.45) is 3.36. The number of rotatable bonds is 11. The maximum absolute atomic E-state index is 12.6. The molecule has 1 rings (SSSR count). The number of alkyl halides is 3. The Kier molecular flexibility index (Phi) is 12.5. The molecule has 200 valence electrons. The van der Waals surface area contributed by atoms with Crippen molar-refractivity contribution in [3.05, 3.63) is 35.9 Å². The van der Waals surface area contributed by atoms with Gasteiger partial charge in [-0.05, 0) is 52.2 Å². The Morgan fingerprint density at radius 3 is 2.33 bits per heavy atom. The average Bonchev–Trinajstić information content (AvgIpc) is 2.73. The summed E-state index contributed by atoms with van der Waals surface area (Å²) in [5, 5.41) is 16.9. The zero-order chi connectivity index (χ0) is 27.5. The van der Waals surface area contributed by atoms with E-state index in [4.69, 9.17) is 39.5 Å². The van der Waals surface area contributed by atoms with Gasteiger partial charge in [-0.3, -0.25) is 14.4 Å². The first-order valence-electron chi connectivity index (χ1n) is 11.2. The van der Waals surface area contributed by atoms with Crippen molar-refractivity contribution in [3.8, 4) is 0 Å². The summed E-state index contributed by atoms with van der Waals surface area (Å²) < 4.78 is 3.41. The van der Waals surface area contributed by atoms with E-state index < -0.39 is 45.2 Å². The zero-order valence-electron chi connectivity index (χ0n) is 20.6. The number of carbonyl (C=O) groups excluding carboxylic acids is 3. The fourth-order valence-corrected chi connectivity index (χ4v) is 3.48. The number of amides is 3. The molecule has 0 aliphatic rings. The number of carbonyl (C=O) groups is 4. The number of carboxylic acids is 1. The third kappa shape index (κ3) is 13.6. The lowest BCUT2D eigenvalue weighted by Crippen LogP contribution is -2.46. The quantitative estimate of drug-likeness (QED) is 0.282. The van der Waals surface area contributed by atoms with Gasteiger partial charge in [0.05, 0.1) is 5.92 Å². The summed E-state index contributed by atoms with van der Waals surface area (Å²) in [6.45, 7) is 6.26. The highest BCUT2D eigenvalue weighted by Crippen LogP contribution is 2.35. The molecule has 0 saturated carbocycles. The summed E-state index contributed by atoms with van der Waals surface area (Å²) >= 11 is 17.2. The van der Waals surface area contributed by atoms with Crippen LogP contribution in [-0.4, -0.2) is 51.0 Å². The first-order chi connectivity index (χ1) is 16.6. The number of para-hydroxylation sites is 1. The predicted octanol–water partition coefficient (Wildman–Crippen LogP) is 4.91. The number of carboxylic acid groups (broad SMARTS) is 1. The molecule has 0 bridgehead atoms. The molecular weight excluding hydrogens is 533 g/mol. The zero-order valence-corrected chi connectivity index (χ0v) is 22.8. The third-order valence-electron chi connectivity index (χ3n) is 4.59. The largest absolute Gasteiger partial charge is 0.481 e. The van der Waals surface area contributed by atoms with Crippen molar-refractivity contribution < 1.29 is 29.0 Å². The lowest BCUT2D eigenvalue weighted by atomic mass is 10.00. The molecule has 1 aromatic rings. The van der Waals surface area contributed by atoms with E-state index in [-0.39, 0.29) is 19.4 Å². The molecule has 0 aliphatic carbocycles. The van der Waals surface area contributed by atoms with Crippen LogP contribution in [0.15, 0.2) is 30.3 Å². The minimum absolute atomic E-state index is 0.107. The first-order valence-corrected chi connectivity index (χ1v) is 12.3. The van der Waals surface area contributed by atoms with E-state index in [0.717, 1.165) is 0 Å². The number of ether oxygens (including phenoxy) is 1. The summed E-state index contributed by atoms with van der Waals surface area (Å²) in [5.41, 5.74) is 0.491. The Labute approximate surface area is 225 Å². The molecule has 0 saturated heterocycles. The van der Waals surface area contributed by atoms with Crippen LogP contribution < -0.4 is 16.0 Å². The van der Waals surface area contributed by atoms with Gasteiger partial charge >= 0.3 is 12.1 Å². The number of hydrogen-bond acceptors (Lipinski definition) is 5. The van der Waals surface area contributed by atoms with E-state index in [2.05, 4.69) is 16.0 Å². The van der Waals surface area contributed by atoms with Crippen molar-refractivity contribution in [2.45, 2.75) is 62.4 Å². The topological polar surface area (TPSA) is 134 Å². The number of hydrogen-bond donors (Lipinski definition) is 4. The van der Waals surface area contributed by atoms with Crippen molar-refractivity contribution in [2.24, 2.45) is 5.92 Å². The van der Waals surface area contributed by atoms with Gasteiger partial charge in [-0.15, -0.1) is 0 Å². The monoisotopic (exact) mass is 563 g/mol. The van der Waals surface area contributed by atoms with Crippen LogP contribution in [0.4, 0.5) is 10.5 Å². The van der Waals surface area contributed by atoms with Crippen molar-refractivity contribution in [3.63, 3.8) is 0 Å². The minimum Gasteiger partial charge on any atom is -0.481 e. The average molecular weight is 565 g/mol. The third-order valence-corrected chi connectivity index (χ3v) is 5.05. The lowest BCUT2D eigenvalue weighted by Gasteiger charge is -2.20. The molecule has 0 heterocycles. The molecule has 36 heavy (non-hydrogen) atoms. The lowest BCUT2D eigenvalue weighted by molar-refractivity contribution is -0.142. The van der Waals surface area contributed by atoms with Crippen molar-refractivity contribution in [2.75, 3.05) is 11.9 Å². The molecule has 3 amide bonds. The Hall–Kier alpha value is -2.49. The van der Waals surface area contributed by atoms with Gasteiger partial charge in [-0.25, -0.2) is 4.79 Å². The second kappa shape index (κ2) is 14.3. The molecule has 0 radical (unpaired) electrons. The van der Waals surface area contributed by atoms with E-state index in [0.29, 0.717) is 17.7 Å². The van der Waals surface area contributed by atoms with Crippen molar-refractivity contribution >= 4 is 70.4 Å². The van der Waals surface area contributed by atoms with Gasteiger partial charge in [0.2, 0.25) is 11.8 Å². The molecule has 9 nitrogen and oxygen atoms in total. The molecule has 0 spiro atoms. The summed E-state index contributed by atoms with van der Waals surface area (Å²) in [5.74, 6) is -2.87. The molecule has 4 N–H and O–H groups in total. The first kappa shape index (κ1) is 31.5. The highest BCUT2D eigenvalue weighted by Gasteiger charge is 2.29. The van der Waals surface area contributed by atoms with E-state index >= 15 is 0 Å². The highest BCUT2D eigenvalue weighted by atomic mass is 35.6. The van der Waals surface area contributed by atoms with E-state index in [9.17, 15) is 24.3 Å². The summed E-state index contributed by atoms with van der Waals surface area (Å²) in [6, 6.07) is 6.11. The molecular formula is C24H32Cl3N3O6. The van der Waals surface area contributed by atoms with Gasteiger partial charge in [-0.1, -0.05) is 65.2 Å². The summed E-state index contributed by atoms with van der Waals surface area (Å²) in [7, 11) is 0. The van der Waals surface area contributed by atoms with Crippen LogP contribution in [0.2, 0.25) is 0 Å². The SMILES string of the molecule is CC(NC(=O)CNC(=O)OC(C)(C)C)C(=O)Nc1ccccc1C=CCCC(CC(Cl)(Cl)Cl)C(=O)O. The maximum atomic E-state index is 12.6. The van der Waals surface area contributed by atoms with Crippen LogP contribution in [0.1, 0.15) is 52.5 Å². The van der Waals surface area contributed by atoms with Crippen LogP contribution in [-0.2, 0) is 19.1 Å². The van der Waals surface area contributed by atoms with Crippen LogP contribution in [0.25, 0.3) is 6.08 Å². The normalized spacial score (nSPS) is 13.5. The second-order valence-corrected chi connectivity index (χ2v) is 11.6. The number of halogens is 3. The van der Waals surface area contributed by atoms with Crippen molar-refractivity contribution in [1.29, 1.82) is 0 Å². The van der Waals surface area contributed by atoms with Crippen LogP contribution >= 0.6 is 34.8 Å². The van der Waals surface area contributed by atoms with Gasteiger partial charge in [0, 0.05) is 12.1 Å². The second-order valence-electron chi connectivity index (χ2n) is 9.06. The fourth-order valence-electron chi connectivity index (χ4n) is 2.92. The standard InChI is InChI=1S/C24H32Cl3N3O6/c1-15(29-19(31)14-28-22(35)36-23(2,3)4)20(32)30-18-12-8-7-10-16(18)9-5-6-11-17(21(33)34)13-24(25,26)27/h5,7-10,12,15,17H,6,11,13-14H2,1-4H3,(H,28,35)(H,29,31)(H,30,32)(H,33,34). The van der Waals surface area contributed by atoms with E-state index in [1.807, 2.05) is 0 Å². The van der Waals surface area contributed by atoms with Crippen LogP contribution in [0.5, 0.6) is 0 Å². The predicted molar refractivity (Wildman–Crippen MR) is 141 cm³/mol. The fraction of sp³-hybridized carbons (Fsp3) is 0.500. The van der Waals surface area contributed by atoms with E-state index in [1.54, 1.807) is 57.2 Å². The number of benzene rings is 1. The van der Waals surface area contributed by atoms with Gasteiger partial charge in [-0.2, -0.15) is 0 Å². The molecule has 0 fully saturated rings. The Balaban J connectivity index is 2.64. The summed E-state index contributed by atoms with van der Waals surface area (Å²) in [4.78, 5) is 47.7. The molecule has 2 atom stereocenters. The molecule has 2 unspecified atom stereocenters. The number of allylic oxidation sites excluding steroid dienone is 1. The van der Waals surface area contributed by atoms with Crippen LogP contribution in [0, 0.1) is 5.92 Å². The van der Waals surface area contributed by atoms with Crippen LogP contribution in [0.3, 0.4) is 0 Å². The molecule has 1 aromatic carbocycles. The van der Waals surface area contributed by atoms with Gasteiger partial charge in [0.15, 0.2) is 3.79 Å². The smallest absolute Gasteiger partial charge is 0.408 e. The van der Waals surface area contributed by atoms with Crippen molar-refractivity contribution in [1.82, 2.24) is 10.6 Å². The number of aliphatic carboxylic acids is 1. The molecule has 0 aliphatic heterocycles. The molecule has 0 aromatic heterocycles. The van der Waals surface area contributed by atoms with Gasteiger partial charge in [0.1, 0.15) is 18.2 Å². The van der Waals surface area contributed by atoms with E-state index in [1.165, 1.54) is 6.92 Å². The number of alkyl carbamates (subject to hydrolysis) is 1. The Bertz CT molecular complexity index is 957. The number of anilines is 1. The van der Waals surface area contributed by atoms with Gasteiger partial charge < -0.3 is 25.8 Å².